The van der Waals surface area contributed by atoms with Gasteiger partial charge in [0.05, 0.1) is 22.1 Å². The van der Waals surface area contributed by atoms with Crippen LogP contribution < -0.4 is 0 Å². The van der Waals surface area contributed by atoms with Crippen LogP contribution in [0, 0.1) is 0 Å². The van der Waals surface area contributed by atoms with E-state index in [1.165, 1.54) is 158 Å². The lowest BCUT2D eigenvalue weighted by Crippen LogP contribution is -1.90. The quantitative estimate of drug-likeness (QED) is 0.0903. The number of halogens is 4. The van der Waals surface area contributed by atoms with Gasteiger partial charge in [-0.1, -0.05) is 144 Å². The first-order chi connectivity index (χ1) is 27.2. The molecule has 4 atom stereocenters. The van der Waals surface area contributed by atoms with Gasteiger partial charge in [0.25, 0.3) is 0 Å². The summed E-state index contributed by atoms with van der Waals surface area (Å²) < 4.78 is 7.14. The van der Waals surface area contributed by atoms with Crippen molar-refractivity contribution in [3.8, 4) is 0 Å². The molecule has 9 rings (SSSR count). The first kappa shape index (κ1) is 40.2. The van der Waals surface area contributed by atoms with E-state index < -0.39 is 0 Å². The molecule has 0 radical (unpaired) electrons. The van der Waals surface area contributed by atoms with Crippen molar-refractivity contribution in [1.29, 1.82) is 0 Å². The molecule has 0 aliphatic heterocycles. The van der Waals surface area contributed by atoms with Crippen LogP contribution in [0.1, 0.15) is 117 Å². The van der Waals surface area contributed by atoms with E-state index in [1.54, 1.807) is 0 Å². The molecular formula is C48H46I4N2S2. The van der Waals surface area contributed by atoms with Gasteiger partial charge in [0.15, 0.2) is 0 Å². The Hall–Kier alpha value is -1.20. The number of H-pyrrole nitrogens is 2. The van der Waals surface area contributed by atoms with Crippen LogP contribution in [-0.4, -0.2) is 9.97 Å². The lowest BCUT2D eigenvalue weighted by molar-refractivity contribution is 0.800. The van der Waals surface area contributed by atoms with E-state index in [-0.39, 0.29) is 0 Å². The average molecular weight is 1220 g/mol. The van der Waals surface area contributed by atoms with Crippen molar-refractivity contribution < 1.29 is 0 Å². The molecule has 56 heavy (non-hydrogen) atoms. The van der Waals surface area contributed by atoms with E-state index in [4.69, 9.17) is 0 Å². The Morgan fingerprint density at radius 2 is 0.589 bits per heavy atom. The van der Waals surface area contributed by atoms with E-state index in [2.05, 4.69) is 201 Å². The summed E-state index contributed by atoms with van der Waals surface area (Å²) in [6.45, 7) is 9.25. The van der Waals surface area contributed by atoms with Gasteiger partial charge in [0, 0.05) is 77.6 Å². The predicted molar refractivity (Wildman–Crippen MR) is 286 cm³/mol. The van der Waals surface area contributed by atoms with Crippen LogP contribution in [0.3, 0.4) is 0 Å². The summed E-state index contributed by atoms with van der Waals surface area (Å²) in [6, 6.07) is 29.7. The van der Waals surface area contributed by atoms with Gasteiger partial charge in [-0.15, -0.1) is 22.7 Å². The van der Waals surface area contributed by atoms with Crippen LogP contribution in [0.4, 0.5) is 0 Å². The minimum absolute atomic E-state index is 0.457. The third kappa shape index (κ3) is 7.15. The van der Waals surface area contributed by atoms with Crippen LogP contribution in [0.5, 0.6) is 0 Å². The van der Waals surface area contributed by atoms with Crippen molar-refractivity contribution in [2.24, 2.45) is 0 Å². The van der Waals surface area contributed by atoms with E-state index in [1.807, 2.05) is 22.7 Å². The zero-order chi connectivity index (χ0) is 38.8. The molecule has 4 aromatic carbocycles. The van der Waals surface area contributed by atoms with Crippen LogP contribution in [0.15, 0.2) is 72.8 Å². The normalized spacial score (nSPS) is 14.7. The zero-order valence-corrected chi connectivity index (χ0v) is 42.5. The highest BCUT2D eigenvalue weighted by molar-refractivity contribution is 14.1. The summed E-state index contributed by atoms with van der Waals surface area (Å²) in [5.41, 5.74) is 10.8. The van der Waals surface area contributed by atoms with Crippen LogP contribution in [0.2, 0.25) is 0 Å². The number of benzene rings is 4. The van der Waals surface area contributed by atoms with Crippen LogP contribution >= 0.6 is 113 Å². The Balaban J connectivity index is 1.52. The molecule has 2 nitrogen and oxygen atoms in total. The molecule has 8 bridgehead atoms. The molecule has 0 spiro atoms. The third-order valence-electron chi connectivity index (χ3n) is 11.6. The van der Waals surface area contributed by atoms with Gasteiger partial charge in [-0.25, -0.2) is 0 Å². The number of hydrogen-bond acceptors (Lipinski definition) is 2. The minimum atomic E-state index is 0.457. The molecule has 5 heterocycles. The topological polar surface area (TPSA) is 31.6 Å². The zero-order valence-electron chi connectivity index (χ0n) is 32.2. The summed E-state index contributed by atoms with van der Waals surface area (Å²) >= 11 is 14.7. The second kappa shape index (κ2) is 16.7. The van der Waals surface area contributed by atoms with Crippen molar-refractivity contribution in [2.75, 3.05) is 0 Å². The van der Waals surface area contributed by atoms with Gasteiger partial charge in [-0.3, -0.25) is 0 Å². The van der Waals surface area contributed by atoms with Crippen molar-refractivity contribution in [2.45, 2.75) is 94.8 Å². The highest BCUT2D eigenvalue weighted by Crippen LogP contribution is 2.46. The molecule has 2 N–H and O–H groups in total. The Labute approximate surface area is 391 Å². The Kier molecular flexibility index (Phi) is 12.0. The summed E-state index contributed by atoms with van der Waals surface area (Å²) in [7, 11) is 0. The molecule has 0 saturated heterocycles. The number of nitrogens with one attached hydrogen (secondary N) is 2. The second-order valence-corrected chi connectivity index (χ2v) is 23.7. The summed E-state index contributed by atoms with van der Waals surface area (Å²) in [6.07, 6.45) is 9.38. The molecule has 0 aliphatic carbocycles. The standard InChI is InChI=1S/C48H46I4N2S2/c1-5-9-37(49)25-17-29-30-18-26(38(50)10-6-2)22-34-43-15-16-44(56-43)36-24-28(40(52)12-8-4)20-32-31-19-27(39(51)11-7-3)23-35(47(31)54-48(32)36)42-14-13-41(55-42)33(21-25)45(29)53-46(30)34/h13-24,37-40,53-54H,5-12H2,1-4H3. The predicted octanol–water partition coefficient (Wildman–Crippen LogP) is 19.4. The number of alkyl halides is 4. The van der Waals surface area contributed by atoms with Crippen molar-refractivity contribution >= 4 is 197 Å². The van der Waals surface area contributed by atoms with E-state index in [9.17, 15) is 0 Å². The SMILES string of the molecule is CCCC(I)c1cc2c3ccc(s3)c3cc(C(I)CCC)cc4c5cc(C(I)CCC)cc(c6ccc(s6)c6cc(C(I)CCC)cc7c(c1)c2[nH]c67)c5[nH]c34. The molecular weight excluding hydrogens is 1180 g/mol. The Bertz CT molecular complexity index is 2570. The van der Waals surface area contributed by atoms with Gasteiger partial charge in [0.2, 0.25) is 0 Å². The second-order valence-electron chi connectivity index (χ2n) is 15.6. The first-order valence-electron chi connectivity index (χ1n) is 20.2. The molecule has 0 saturated carbocycles. The van der Waals surface area contributed by atoms with Gasteiger partial charge in [-0.2, -0.15) is 0 Å². The van der Waals surface area contributed by atoms with Crippen LogP contribution in [0.25, 0.3) is 84.0 Å². The Morgan fingerprint density at radius 1 is 0.375 bits per heavy atom. The van der Waals surface area contributed by atoms with Gasteiger partial charge < -0.3 is 9.97 Å². The van der Waals surface area contributed by atoms with Gasteiger partial charge >= 0.3 is 0 Å². The van der Waals surface area contributed by atoms with Gasteiger partial charge in [-0.05, 0) is 121 Å². The molecule has 9 aromatic rings. The molecule has 0 fully saturated rings. The molecule has 0 aliphatic rings. The maximum Gasteiger partial charge on any atom is 0.0553 e. The molecule has 5 aromatic heterocycles. The number of hydrogen-bond donors (Lipinski definition) is 2. The lowest BCUT2D eigenvalue weighted by atomic mass is 9.99. The summed E-state index contributed by atoms with van der Waals surface area (Å²) in [5.74, 6) is 0. The number of thiophene rings is 2. The minimum Gasteiger partial charge on any atom is -0.353 e. The van der Waals surface area contributed by atoms with E-state index in [0.717, 1.165) is 0 Å². The fourth-order valence-electron chi connectivity index (χ4n) is 8.73. The maximum absolute atomic E-state index is 4.11. The Morgan fingerprint density at radius 3 is 0.804 bits per heavy atom. The summed E-state index contributed by atoms with van der Waals surface area (Å²) in [5, 5.41) is 10.7. The number of rotatable bonds is 12. The highest BCUT2D eigenvalue weighted by Gasteiger charge is 2.21. The smallest absolute Gasteiger partial charge is 0.0553 e. The molecule has 0 amide bonds. The highest BCUT2D eigenvalue weighted by atomic mass is 127. The van der Waals surface area contributed by atoms with Crippen molar-refractivity contribution in [3.05, 3.63) is 95.1 Å². The van der Waals surface area contributed by atoms with Crippen molar-refractivity contribution in [1.82, 2.24) is 9.97 Å². The fourth-order valence-corrected chi connectivity index (χ4v) is 14.8. The summed E-state index contributed by atoms with van der Waals surface area (Å²) in [4.78, 5) is 8.22. The van der Waals surface area contributed by atoms with Gasteiger partial charge in [0.1, 0.15) is 0 Å². The van der Waals surface area contributed by atoms with Crippen LogP contribution in [-0.2, 0) is 0 Å². The maximum atomic E-state index is 4.11. The van der Waals surface area contributed by atoms with Crippen molar-refractivity contribution in [3.63, 3.8) is 0 Å². The molecule has 4 unspecified atom stereocenters. The fraction of sp³-hybridized carbons (Fsp3) is 0.333. The number of aromatic nitrogens is 2. The number of aromatic amines is 2. The lowest BCUT2D eigenvalue weighted by Gasteiger charge is -2.12. The molecule has 8 heteroatoms. The average Bonchev–Trinajstić information content (AvgIpc) is 4.02. The largest absolute Gasteiger partial charge is 0.353 e. The van der Waals surface area contributed by atoms with E-state index in [0.29, 0.717) is 15.7 Å². The monoisotopic (exact) mass is 1220 g/mol. The van der Waals surface area contributed by atoms with E-state index >= 15 is 0 Å². The molecule has 288 valence electrons. The third-order valence-corrected chi connectivity index (χ3v) is 19.3. The number of fused-ring (bicyclic) bond motifs is 10. The first-order valence-corrected chi connectivity index (χ1v) is 26.9.